The lowest BCUT2D eigenvalue weighted by atomic mass is 10.0. The van der Waals surface area contributed by atoms with Gasteiger partial charge in [0.25, 0.3) is 0 Å². The zero-order valence-electron chi connectivity index (χ0n) is 25.5. The number of benzene rings is 6. The van der Waals surface area contributed by atoms with Crippen LogP contribution < -0.4 is 23.7 Å². The maximum atomic E-state index is 16.5. The highest BCUT2D eigenvalue weighted by atomic mass is 19.1. The highest BCUT2D eigenvalue weighted by molar-refractivity contribution is 5.95. The van der Waals surface area contributed by atoms with Gasteiger partial charge < -0.3 is 23.7 Å². The van der Waals surface area contributed by atoms with Crippen molar-refractivity contribution in [2.24, 2.45) is 0 Å². The van der Waals surface area contributed by atoms with Crippen molar-refractivity contribution in [3.05, 3.63) is 119 Å². The molecule has 6 aromatic rings. The van der Waals surface area contributed by atoms with Crippen LogP contribution in [0, 0.1) is 42.3 Å². The Kier molecular flexibility index (Phi) is 8.03. The van der Waals surface area contributed by atoms with E-state index in [1.807, 2.05) is 92.7 Å². The number of rotatable bonds is 8. The highest BCUT2D eigenvalue weighted by Gasteiger charge is 2.31. The third-order valence-corrected chi connectivity index (χ3v) is 7.70. The number of halogens is 1. The third-order valence-electron chi connectivity index (χ3n) is 7.70. The molecule has 0 unspecified atom stereocenters. The number of fused-ring (bicyclic) bond motifs is 2. The maximum Gasteiger partial charge on any atom is 0.216 e. The van der Waals surface area contributed by atoms with Crippen LogP contribution in [0.15, 0.2) is 91.0 Å². The quantitative estimate of drug-likeness (QED) is 0.169. The highest BCUT2D eigenvalue weighted by Crippen LogP contribution is 2.52. The van der Waals surface area contributed by atoms with Gasteiger partial charge in [0, 0.05) is 21.5 Å². The van der Waals surface area contributed by atoms with Crippen molar-refractivity contribution in [3.63, 3.8) is 0 Å². The van der Waals surface area contributed by atoms with Gasteiger partial charge in [-0.3, -0.25) is 0 Å². The van der Waals surface area contributed by atoms with Crippen molar-refractivity contribution in [2.75, 3.05) is 14.2 Å². The summed E-state index contributed by atoms with van der Waals surface area (Å²) in [5.74, 6) is 0.358. The number of nitrogens with zero attached hydrogens (tertiary/aromatic N) is 2. The van der Waals surface area contributed by atoms with Crippen molar-refractivity contribution in [1.82, 2.24) is 0 Å². The smallest absolute Gasteiger partial charge is 0.216 e. The fraction of sp³-hybridized carbons (Fsp3) is 0.105. The molecule has 0 saturated heterocycles. The maximum absolute atomic E-state index is 16.5. The second kappa shape index (κ2) is 12.4. The lowest BCUT2D eigenvalue weighted by molar-refractivity contribution is 0.369. The number of aryl methyl sites for hydroxylation is 2. The molecule has 6 aromatic carbocycles. The summed E-state index contributed by atoms with van der Waals surface area (Å²) in [6.45, 7) is 3.70. The molecule has 7 nitrogen and oxygen atoms in total. The average molecular weight is 611 g/mol. The molecule has 0 spiro atoms. The fourth-order valence-electron chi connectivity index (χ4n) is 5.45. The van der Waals surface area contributed by atoms with Gasteiger partial charge in [0.05, 0.1) is 14.2 Å². The number of methoxy groups -OCH3 is 2. The molecule has 0 fully saturated rings. The summed E-state index contributed by atoms with van der Waals surface area (Å²) in [6, 6.07) is 30.9. The van der Waals surface area contributed by atoms with E-state index in [-0.39, 0.29) is 22.8 Å². The van der Waals surface area contributed by atoms with Gasteiger partial charge in [-0.15, -0.1) is 0 Å². The molecular formula is C38H27FN2O5. The molecule has 0 heterocycles. The second-order valence-corrected chi connectivity index (χ2v) is 10.4. The Hall–Kier alpha value is -6.25. The van der Waals surface area contributed by atoms with Crippen LogP contribution in [-0.4, -0.2) is 14.2 Å². The average Bonchev–Trinajstić information content (AvgIpc) is 3.08. The number of para-hydroxylation sites is 1. The molecule has 0 aliphatic carbocycles. The normalized spacial score (nSPS) is 10.7. The molecule has 6 rings (SSSR count). The van der Waals surface area contributed by atoms with Crippen LogP contribution in [-0.2, 0) is 0 Å². The number of ether oxygens (including phenoxy) is 5. The number of hydrogen-bond donors (Lipinski definition) is 0. The molecule has 46 heavy (non-hydrogen) atoms. The Labute approximate surface area is 265 Å². The zero-order valence-corrected chi connectivity index (χ0v) is 25.5. The van der Waals surface area contributed by atoms with Crippen LogP contribution in [0.3, 0.4) is 0 Å². The van der Waals surface area contributed by atoms with Crippen LogP contribution in [0.2, 0.25) is 0 Å². The van der Waals surface area contributed by atoms with Gasteiger partial charge >= 0.3 is 0 Å². The van der Waals surface area contributed by atoms with Gasteiger partial charge in [0.1, 0.15) is 52.0 Å². The number of hydrogen-bond acceptors (Lipinski definition) is 7. The molecule has 0 saturated carbocycles. The molecular weight excluding hydrogens is 583 g/mol. The first-order valence-corrected chi connectivity index (χ1v) is 14.3. The zero-order chi connectivity index (χ0) is 32.4. The van der Waals surface area contributed by atoms with E-state index in [0.29, 0.717) is 33.8 Å². The molecule has 0 atom stereocenters. The first-order chi connectivity index (χ1) is 22.4. The summed E-state index contributed by atoms with van der Waals surface area (Å²) >= 11 is 0. The molecule has 0 aliphatic rings. The summed E-state index contributed by atoms with van der Waals surface area (Å²) in [4.78, 5) is 0. The number of nitriles is 2. The van der Waals surface area contributed by atoms with Gasteiger partial charge in [0.15, 0.2) is 11.6 Å². The predicted octanol–water partition coefficient (Wildman–Crippen LogP) is 9.89. The summed E-state index contributed by atoms with van der Waals surface area (Å²) in [6.07, 6.45) is 0. The van der Waals surface area contributed by atoms with E-state index >= 15 is 4.39 Å². The Morgan fingerprint density at radius 3 is 1.37 bits per heavy atom. The van der Waals surface area contributed by atoms with Crippen molar-refractivity contribution in [3.8, 4) is 58.1 Å². The summed E-state index contributed by atoms with van der Waals surface area (Å²) < 4.78 is 46.9. The van der Waals surface area contributed by atoms with E-state index < -0.39 is 17.1 Å². The van der Waals surface area contributed by atoms with E-state index in [2.05, 4.69) is 0 Å². The van der Waals surface area contributed by atoms with E-state index in [0.717, 1.165) is 21.9 Å². The fourth-order valence-corrected chi connectivity index (χ4v) is 5.45. The second-order valence-electron chi connectivity index (χ2n) is 10.4. The van der Waals surface area contributed by atoms with Crippen molar-refractivity contribution in [2.45, 2.75) is 13.8 Å². The molecule has 0 bridgehead atoms. The summed E-state index contributed by atoms with van der Waals surface area (Å²) in [5.41, 5.74) is 0.651. The molecule has 0 amide bonds. The minimum Gasteiger partial charge on any atom is -0.496 e. The lowest BCUT2D eigenvalue weighted by Gasteiger charge is -2.22. The largest absolute Gasteiger partial charge is 0.496 e. The van der Waals surface area contributed by atoms with E-state index in [9.17, 15) is 10.5 Å². The Bertz CT molecular complexity index is 2210. The Morgan fingerprint density at radius 1 is 0.478 bits per heavy atom. The minimum atomic E-state index is -1.07. The summed E-state index contributed by atoms with van der Waals surface area (Å²) in [7, 11) is 3.13. The Balaban J connectivity index is 1.66. The summed E-state index contributed by atoms with van der Waals surface area (Å²) in [5, 5.41) is 23.2. The van der Waals surface area contributed by atoms with Crippen LogP contribution in [0.1, 0.15) is 22.3 Å². The van der Waals surface area contributed by atoms with Crippen molar-refractivity contribution in [1.29, 1.82) is 10.5 Å². The van der Waals surface area contributed by atoms with Crippen LogP contribution in [0.5, 0.6) is 46.0 Å². The van der Waals surface area contributed by atoms with E-state index in [1.165, 1.54) is 0 Å². The molecule has 0 aromatic heterocycles. The van der Waals surface area contributed by atoms with E-state index in [1.54, 1.807) is 38.5 Å². The molecule has 0 N–H and O–H groups in total. The predicted molar refractivity (Wildman–Crippen MR) is 173 cm³/mol. The SMILES string of the molecule is COc1ccc(Oc2c(F)c(C#N)c(C#N)c(Oc3c(C)cccc3C)c2Oc2ccc(OC)c3ccccc23)c2ccccc12. The first-order valence-electron chi connectivity index (χ1n) is 14.3. The Morgan fingerprint density at radius 2 is 0.913 bits per heavy atom. The van der Waals surface area contributed by atoms with Gasteiger partial charge in [-0.25, -0.2) is 4.39 Å². The van der Waals surface area contributed by atoms with Gasteiger partial charge in [-0.1, -0.05) is 66.7 Å². The van der Waals surface area contributed by atoms with Gasteiger partial charge in [-0.05, 0) is 49.2 Å². The van der Waals surface area contributed by atoms with E-state index in [4.69, 9.17) is 23.7 Å². The van der Waals surface area contributed by atoms with Crippen molar-refractivity contribution < 1.29 is 28.1 Å². The van der Waals surface area contributed by atoms with Gasteiger partial charge in [-0.2, -0.15) is 10.5 Å². The van der Waals surface area contributed by atoms with Gasteiger partial charge in [0.2, 0.25) is 11.5 Å². The standard InChI is InChI=1S/C38H27FN2O5/c1-22-10-9-11-23(2)35(22)46-36-29(21-41)28(20-40)34(39)37(44-32-18-16-30(42-3)24-12-5-7-14-26(24)32)38(36)45-33-19-17-31(43-4)25-13-6-8-15-27(25)33/h5-19H,1-4H3. The first kappa shape index (κ1) is 29.8. The topological polar surface area (TPSA) is 93.7 Å². The molecule has 8 heteroatoms. The van der Waals surface area contributed by atoms with Crippen molar-refractivity contribution >= 4 is 21.5 Å². The van der Waals surface area contributed by atoms with Crippen LogP contribution in [0.25, 0.3) is 21.5 Å². The third kappa shape index (κ3) is 5.12. The van der Waals surface area contributed by atoms with Crippen LogP contribution >= 0.6 is 0 Å². The monoisotopic (exact) mass is 610 g/mol. The van der Waals surface area contributed by atoms with Crippen LogP contribution in [0.4, 0.5) is 4.39 Å². The molecule has 0 radical (unpaired) electrons. The minimum absolute atomic E-state index is 0.162. The lowest BCUT2D eigenvalue weighted by Crippen LogP contribution is -2.05. The molecule has 0 aliphatic heterocycles. The molecule has 226 valence electrons.